The maximum absolute atomic E-state index is 12.8. The second kappa shape index (κ2) is 5.50. The number of carbonyl (C=O) groups excluding carboxylic acids is 1. The van der Waals surface area contributed by atoms with Gasteiger partial charge >= 0.3 is 0 Å². The molecular weight excluding hydrogens is 296 g/mol. The van der Waals surface area contributed by atoms with Crippen LogP contribution in [0.4, 0.5) is 0 Å². The molecule has 1 aliphatic carbocycles. The van der Waals surface area contributed by atoms with Crippen LogP contribution in [0.15, 0.2) is 12.4 Å². The van der Waals surface area contributed by atoms with Crippen molar-refractivity contribution >= 4 is 17.2 Å². The van der Waals surface area contributed by atoms with Gasteiger partial charge in [0.2, 0.25) is 0 Å². The van der Waals surface area contributed by atoms with Gasteiger partial charge in [-0.3, -0.25) is 4.79 Å². The fraction of sp³-hybridized carbons (Fsp3) is 0.562. The second-order valence-corrected chi connectivity index (χ2v) is 7.44. The zero-order chi connectivity index (χ0) is 15.1. The molecule has 1 unspecified atom stereocenters. The lowest BCUT2D eigenvalue weighted by atomic mass is 9.97. The van der Waals surface area contributed by atoms with Gasteiger partial charge in [0, 0.05) is 30.9 Å². The SMILES string of the molecule is Cn1cnnc1C1CCCN(C(=O)c2cc3c(s2)CCC3)C1. The molecule has 3 heterocycles. The summed E-state index contributed by atoms with van der Waals surface area (Å²) in [5.41, 5.74) is 1.40. The number of carbonyl (C=O) groups is 1. The zero-order valence-corrected chi connectivity index (χ0v) is 13.6. The molecule has 2 aliphatic rings. The first-order valence-corrected chi connectivity index (χ1v) is 8.79. The minimum absolute atomic E-state index is 0.200. The summed E-state index contributed by atoms with van der Waals surface area (Å²) in [6.45, 7) is 1.61. The maximum atomic E-state index is 12.8. The van der Waals surface area contributed by atoms with Crippen molar-refractivity contribution in [1.82, 2.24) is 19.7 Å². The van der Waals surface area contributed by atoms with Gasteiger partial charge in [-0.25, -0.2) is 0 Å². The molecule has 6 heteroatoms. The monoisotopic (exact) mass is 316 g/mol. The van der Waals surface area contributed by atoms with Crippen LogP contribution in [0.3, 0.4) is 0 Å². The van der Waals surface area contributed by atoms with Crippen molar-refractivity contribution < 1.29 is 4.79 Å². The van der Waals surface area contributed by atoms with Gasteiger partial charge in [0.1, 0.15) is 12.2 Å². The Kier molecular flexibility index (Phi) is 3.48. The van der Waals surface area contributed by atoms with Gasteiger partial charge in [-0.05, 0) is 43.7 Å². The summed E-state index contributed by atoms with van der Waals surface area (Å²) in [7, 11) is 1.97. The molecule has 1 saturated heterocycles. The molecule has 4 rings (SSSR count). The van der Waals surface area contributed by atoms with Crippen molar-refractivity contribution in [2.45, 2.75) is 38.0 Å². The van der Waals surface area contributed by atoms with E-state index in [0.29, 0.717) is 5.92 Å². The standard InChI is InChI=1S/C16H20N4OS/c1-19-10-17-18-15(19)12-5-3-7-20(9-12)16(21)14-8-11-4-2-6-13(11)22-14/h8,10,12H,2-7,9H2,1H3. The third-order valence-electron chi connectivity index (χ3n) is 4.78. The Labute approximate surface area is 134 Å². The number of aryl methyl sites for hydroxylation is 3. The minimum atomic E-state index is 0.200. The maximum Gasteiger partial charge on any atom is 0.263 e. The van der Waals surface area contributed by atoms with Gasteiger partial charge in [0.15, 0.2) is 0 Å². The number of fused-ring (bicyclic) bond motifs is 1. The van der Waals surface area contributed by atoms with Crippen molar-refractivity contribution in [3.05, 3.63) is 33.5 Å². The van der Waals surface area contributed by atoms with E-state index in [1.54, 1.807) is 17.7 Å². The number of amides is 1. The van der Waals surface area contributed by atoms with Gasteiger partial charge in [-0.15, -0.1) is 21.5 Å². The summed E-state index contributed by atoms with van der Waals surface area (Å²) in [4.78, 5) is 17.1. The molecule has 22 heavy (non-hydrogen) atoms. The summed E-state index contributed by atoms with van der Waals surface area (Å²) < 4.78 is 1.97. The quantitative estimate of drug-likeness (QED) is 0.855. The highest BCUT2D eigenvalue weighted by atomic mass is 32.1. The number of hydrogen-bond acceptors (Lipinski definition) is 4. The summed E-state index contributed by atoms with van der Waals surface area (Å²) in [5.74, 6) is 1.49. The second-order valence-electron chi connectivity index (χ2n) is 6.30. The van der Waals surface area contributed by atoms with Gasteiger partial charge in [0.25, 0.3) is 5.91 Å². The van der Waals surface area contributed by atoms with Crippen LogP contribution in [0.25, 0.3) is 0 Å². The third kappa shape index (κ3) is 2.35. The third-order valence-corrected chi connectivity index (χ3v) is 6.00. The van der Waals surface area contributed by atoms with E-state index >= 15 is 0 Å². The highest BCUT2D eigenvalue weighted by Crippen LogP contribution is 2.33. The van der Waals surface area contributed by atoms with E-state index in [2.05, 4.69) is 16.3 Å². The molecule has 5 nitrogen and oxygen atoms in total. The normalized spacial score (nSPS) is 21.1. The van der Waals surface area contributed by atoms with E-state index in [-0.39, 0.29) is 5.91 Å². The van der Waals surface area contributed by atoms with Crippen molar-refractivity contribution in [2.75, 3.05) is 13.1 Å². The zero-order valence-electron chi connectivity index (χ0n) is 12.8. The molecule has 0 spiro atoms. The lowest BCUT2D eigenvalue weighted by Gasteiger charge is -2.31. The van der Waals surface area contributed by atoms with E-state index < -0.39 is 0 Å². The van der Waals surface area contributed by atoms with Crippen molar-refractivity contribution in [1.29, 1.82) is 0 Å². The lowest BCUT2D eigenvalue weighted by Crippen LogP contribution is -2.39. The van der Waals surface area contributed by atoms with Crippen LogP contribution < -0.4 is 0 Å². The van der Waals surface area contributed by atoms with E-state index in [0.717, 1.165) is 49.5 Å². The van der Waals surface area contributed by atoms with Gasteiger partial charge in [-0.1, -0.05) is 0 Å². The molecule has 2 aromatic rings. The molecule has 1 aliphatic heterocycles. The largest absolute Gasteiger partial charge is 0.337 e. The molecule has 0 radical (unpaired) electrons. The van der Waals surface area contributed by atoms with E-state index in [9.17, 15) is 4.79 Å². The number of rotatable bonds is 2. The van der Waals surface area contributed by atoms with Gasteiger partial charge < -0.3 is 9.47 Å². The average Bonchev–Trinajstić information content (AvgIpc) is 3.21. The number of piperidine rings is 1. The molecule has 1 fully saturated rings. The van der Waals surface area contributed by atoms with Gasteiger partial charge in [0.05, 0.1) is 4.88 Å². The van der Waals surface area contributed by atoms with Crippen LogP contribution in [-0.2, 0) is 19.9 Å². The summed E-state index contributed by atoms with van der Waals surface area (Å²) >= 11 is 1.70. The highest BCUT2D eigenvalue weighted by Gasteiger charge is 2.29. The Balaban J connectivity index is 1.52. The average molecular weight is 316 g/mol. The number of aromatic nitrogens is 3. The molecule has 0 aromatic carbocycles. The molecule has 0 saturated carbocycles. The van der Waals surface area contributed by atoms with E-state index in [4.69, 9.17) is 0 Å². The lowest BCUT2D eigenvalue weighted by molar-refractivity contribution is 0.0708. The van der Waals surface area contributed by atoms with Crippen LogP contribution in [0, 0.1) is 0 Å². The van der Waals surface area contributed by atoms with Crippen LogP contribution in [0.1, 0.15) is 51.1 Å². The Hall–Kier alpha value is -1.69. The molecular formula is C16H20N4OS. The Morgan fingerprint density at radius 3 is 3.05 bits per heavy atom. The number of thiophene rings is 1. The molecule has 1 atom stereocenters. The topological polar surface area (TPSA) is 51.0 Å². The van der Waals surface area contributed by atoms with Gasteiger partial charge in [-0.2, -0.15) is 0 Å². The first kappa shape index (κ1) is 13.9. The predicted octanol–water partition coefficient (Wildman–Crippen LogP) is 2.39. The Morgan fingerprint density at radius 1 is 1.36 bits per heavy atom. The summed E-state index contributed by atoms with van der Waals surface area (Å²) in [6, 6.07) is 2.13. The van der Waals surface area contributed by atoms with Crippen LogP contribution in [0.5, 0.6) is 0 Å². The van der Waals surface area contributed by atoms with Crippen LogP contribution in [0.2, 0.25) is 0 Å². The molecule has 1 amide bonds. The fourth-order valence-electron chi connectivity index (χ4n) is 3.62. The summed E-state index contributed by atoms with van der Waals surface area (Å²) in [6.07, 6.45) is 7.38. The molecule has 0 bridgehead atoms. The number of likely N-dealkylation sites (tertiary alicyclic amines) is 1. The minimum Gasteiger partial charge on any atom is -0.337 e. The van der Waals surface area contributed by atoms with Crippen molar-refractivity contribution in [2.24, 2.45) is 7.05 Å². The van der Waals surface area contributed by atoms with E-state index in [1.165, 1.54) is 16.9 Å². The highest BCUT2D eigenvalue weighted by molar-refractivity contribution is 7.14. The molecule has 2 aromatic heterocycles. The van der Waals surface area contributed by atoms with E-state index in [1.807, 2.05) is 16.5 Å². The Morgan fingerprint density at radius 2 is 2.27 bits per heavy atom. The van der Waals surface area contributed by atoms with Crippen LogP contribution in [-0.4, -0.2) is 38.7 Å². The Bertz CT molecular complexity index is 683. The van der Waals surface area contributed by atoms with Crippen molar-refractivity contribution in [3.8, 4) is 0 Å². The summed E-state index contributed by atoms with van der Waals surface area (Å²) in [5, 5.41) is 8.19. The number of hydrogen-bond donors (Lipinski definition) is 0. The first-order chi connectivity index (χ1) is 10.7. The van der Waals surface area contributed by atoms with Crippen LogP contribution >= 0.6 is 11.3 Å². The predicted molar refractivity (Wildman–Crippen MR) is 85.2 cm³/mol. The molecule has 116 valence electrons. The molecule has 0 N–H and O–H groups in total. The first-order valence-electron chi connectivity index (χ1n) is 7.97. The fourth-order valence-corrected chi connectivity index (χ4v) is 4.85. The smallest absolute Gasteiger partial charge is 0.263 e. The number of nitrogens with zero attached hydrogens (tertiary/aromatic N) is 4. The van der Waals surface area contributed by atoms with Crippen molar-refractivity contribution in [3.63, 3.8) is 0 Å².